The lowest BCUT2D eigenvalue weighted by Crippen LogP contribution is -2.27. The molecule has 0 radical (unpaired) electrons. The van der Waals surface area contributed by atoms with Crippen molar-refractivity contribution in [2.24, 2.45) is 5.92 Å². The lowest BCUT2D eigenvalue weighted by molar-refractivity contribution is 0.297. The minimum atomic E-state index is -3.34. The fourth-order valence-corrected chi connectivity index (χ4v) is 5.03. The smallest absolute Gasteiger partial charge is 0.241 e. The first-order valence-corrected chi connectivity index (χ1v) is 9.62. The predicted octanol–water partition coefficient (Wildman–Crippen LogP) is 2.63. The molecule has 1 saturated carbocycles. The van der Waals surface area contributed by atoms with Gasteiger partial charge in [-0.15, -0.1) is 11.3 Å². The molecular formula is C14H24N2O2S2. The largest absolute Gasteiger partial charge is 0.312 e. The van der Waals surface area contributed by atoms with E-state index >= 15 is 0 Å². The molecule has 0 amide bonds. The zero-order valence-electron chi connectivity index (χ0n) is 12.2. The minimum Gasteiger partial charge on any atom is -0.312 e. The first-order valence-electron chi connectivity index (χ1n) is 7.32. The maximum absolute atomic E-state index is 12.3. The van der Waals surface area contributed by atoms with E-state index in [1.807, 2.05) is 13.8 Å². The van der Waals surface area contributed by atoms with Crippen molar-refractivity contribution in [3.63, 3.8) is 0 Å². The Hall–Kier alpha value is -0.430. The molecule has 4 nitrogen and oxygen atoms in total. The van der Waals surface area contributed by atoms with Crippen molar-refractivity contribution in [1.82, 2.24) is 10.0 Å². The molecule has 0 atom stereocenters. The van der Waals surface area contributed by atoms with Gasteiger partial charge in [-0.1, -0.05) is 26.2 Å². The molecule has 0 aromatic carbocycles. The number of hydrogen-bond acceptors (Lipinski definition) is 4. The standard InChI is InChI=1S/C14H24N2O2S2/c1-3-15-10-13-9-14(11(2)19-13)20(17,18)16-8-7-12-5-4-6-12/h9,12,15-16H,3-8,10H2,1-2H3. The second-order valence-corrected chi connectivity index (χ2v) is 8.47. The van der Waals surface area contributed by atoms with Crippen molar-refractivity contribution in [2.45, 2.75) is 51.0 Å². The number of aryl methyl sites for hydroxylation is 1. The Morgan fingerprint density at radius 3 is 2.75 bits per heavy atom. The van der Waals surface area contributed by atoms with Gasteiger partial charge in [0, 0.05) is 22.8 Å². The minimum absolute atomic E-state index is 0.448. The van der Waals surface area contributed by atoms with Gasteiger partial charge >= 0.3 is 0 Å². The third kappa shape index (κ3) is 4.04. The molecule has 0 unspecified atom stereocenters. The number of nitrogens with one attached hydrogen (secondary N) is 2. The average molecular weight is 316 g/mol. The van der Waals surface area contributed by atoms with E-state index in [4.69, 9.17) is 0 Å². The monoisotopic (exact) mass is 316 g/mol. The van der Waals surface area contributed by atoms with Crippen LogP contribution in [0.25, 0.3) is 0 Å². The molecule has 1 heterocycles. The second kappa shape index (κ2) is 7.02. The van der Waals surface area contributed by atoms with Crippen LogP contribution in [0.3, 0.4) is 0 Å². The first-order chi connectivity index (χ1) is 9.53. The Balaban J connectivity index is 1.94. The number of sulfonamides is 1. The molecule has 6 heteroatoms. The second-order valence-electron chi connectivity index (χ2n) is 5.40. The maximum atomic E-state index is 12.3. The van der Waals surface area contributed by atoms with E-state index in [0.29, 0.717) is 11.4 Å². The van der Waals surface area contributed by atoms with Crippen molar-refractivity contribution in [1.29, 1.82) is 0 Å². The molecule has 0 bridgehead atoms. The van der Waals surface area contributed by atoms with Gasteiger partial charge in [0.05, 0.1) is 4.90 Å². The third-order valence-corrected chi connectivity index (χ3v) is 6.60. The van der Waals surface area contributed by atoms with Crippen LogP contribution in [0.1, 0.15) is 42.4 Å². The summed E-state index contributed by atoms with van der Waals surface area (Å²) in [6, 6.07) is 1.80. The van der Waals surface area contributed by atoms with Gasteiger partial charge in [-0.05, 0) is 31.9 Å². The molecule has 2 rings (SSSR count). The van der Waals surface area contributed by atoms with Crippen LogP contribution in [0.15, 0.2) is 11.0 Å². The van der Waals surface area contributed by atoms with Crippen molar-refractivity contribution >= 4 is 21.4 Å². The van der Waals surface area contributed by atoms with Crippen molar-refractivity contribution < 1.29 is 8.42 Å². The average Bonchev–Trinajstić information content (AvgIpc) is 2.72. The zero-order chi connectivity index (χ0) is 14.6. The molecule has 0 aliphatic heterocycles. The molecule has 20 heavy (non-hydrogen) atoms. The Labute approximate surface area is 126 Å². The van der Waals surface area contributed by atoms with Crippen LogP contribution in [-0.2, 0) is 16.6 Å². The summed E-state index contributed by atoms with van der Waals surface area (Å²) < 4.78 is 27.3. The predicted molar refractivity (Wildman–Crippen MR) is 83.6 cm³/mol. The van der Waals surface area contributed by atoms with Crippen LogP contribution in [-0.4, -0.2) is 21.5 Å². The van der Waals surface area contributed by atoms with E-state index in [-0.39, 0.29) is 0 Å². The number of hydrogen-bond donors (Lipinski definition) is 2. The van der Waals surface area contributed by atoms with Crippen molar-refractivity contribution in [3.05, 3.63) is 15.8 Å². The molecule has 1 aliphatic rings. The van der Waals surface area contributed by atoms with Gasteiger partial charge in [0.2, 0.25) is 10.0 Å². The van der Waals surface area contributed by atoms with E-state index in [0.717, 1.165) is 35.2 Å². The summed E-state index contributed by atoms with van der Waals surface area (Å²) in [5.41, 5.74) is 0. The summed E-state index contributed by atoms with van der Waals surface area (Å²) >= 11 is 1.55. The normalized spacial score (nSPS) is 16.3. The highest BCUT2D eigenvalue weighted by Crippen LogP contribution is 2.29. The van der Waals surface area contributed by atoms with Gasteiger partial charge in [-0.3, -0.25) is 0 Å². The van der Waals surface area contributed by atoms with Gasteiger partial charge < -0.3 is 5.32 Å². The molecule has 0 saturated heterocycles. The van der Waals surface area contributed by atoms with E-state index in [9.17, 15) is 8.42 Å². The van der Waals surface area contributed by atoms with Crippen LogP contribution in [0, 0.1) is 12.8 Å². The number of rotatable bonds is 8. The molecule has 0 spiro atoms. The summed E-state index contributed by atoms with van der Waals surface area (Å²) in [5.74, 6) is 0.727. The first kappa shape index (κ1) is 15.9. The summed E-state index contributed by atoms with van der Waals surface area (Å²) in [4.78, 5) is 2.39. The van der Waals surface area contributed by atoms with Crippen LogP contribution in [0.2, 0.25) is 0 Å². The van der Waals surface area contributed by atoms with Crippen LogP contribution >= 0.6 is 11.3 Å². The van der Waals surface area contributed by atoms with Crippen molar-refractivity contribution in [3.8, 4) is 0 Å². The van der Waals surface area contributed by atoms with Crippen LogP contribution in [0.5, 0.6) is 0 Å². The highest BCUT2D eigenvalue weighted by molar-refractivity contribution is 7.89. The van der Waals surface area contributed by atoms with Crippen molar-refractivity contribution in [2.75, 3.05) is 13.1 Å². The van der Waals surface area contributed by atoms with E-state index in [1.54, 1.807) is 17.4 Å². The SMILES string of the molecule is CCNCc1cc(S(=O)(=O)NCCC2CCC2)c(C)s1. The Bertz CT molecular complexity index is 533. The van der Waals surface area contributed by atoms with E-state index in [1.165, 1.54) is 19.3 Å². The van der Waals surface area contributed by atoms with E-state index < -0.39 is 10.0 Å². The molecule has 114 valence electrons. The summed E-state index contributed by atoms with van der Waals surface area (Å²) in [6.07, 6.45) is 4.78. The molecule has 1 aromatic rings. The van der Waals surface area contributed by atoms with Gasteiger partial charge in [0.1, 0.15) is 0 Å². The Morgan fingerprint density at radius 1 is 1.40 bits per heavy atom. The highest BCUT2D eigenvalue weighted by Gasteiger charge is 2.21. The lowest BCUT2D eigenvalue weighted by Gasteiger charge is -2.25. The van der Waals surface area contributed by atoms with Crippen LogP contribution in [0.4, 0.5) is 0 Å². The summed E-state index contributed by atoms with van der Waals surface area (Å²) in [6.45, 7) is 6.10. The van der Waals surface area contributed by atoms with Gasteiger partial charge in [-0.25, -0.2) is 13.1 Å². The lowest BCUT2D eigenvalue weighted by atomic mass is 9.83. The van der Waals surface area contributed by atoms with Gasteiger partial charge in [-0.2, -0.15) is 0 Å². The number of thiophene rings is 1. The Morgan fingerprint density at radius 2 is 2.15 bits per heavy atom. The quantitative estimate of drug-likeness (QED) is 0.775. The fourth-order valence-electron chi connectivity index (χ4n) is 2.38. The molecular weight excluding hydrogens is 292 g/mol. The maximum Gasteiger partial charge on any atom is 0.241 e. The molecule has 1 aromatic heterocycles. The Kier molecular flexibility index (Phi) is 5.60. The third-order valence-electron chi connectivity index (χ3n) is 3.83. The molecule has 1 fully saturated rings. The van der Waals surface area contributed by atoms with Gasteiger partial charge in [0.25, 0.3) is 0 Å². The molecule has 2 N–H and O–H groups in total. The topological polar surface area (TPSA) is 58.2 Å². The molecule has 1 aliphatic carbocycles. The fraction of sp³-hybridized carbons (Fsp3) is 0.714. The van der Waals surface area contributed by atoms with Crippen LogP contribution < -0.4 is 10.0 Å². The van der Waals surface area contributed by atoms with E-state index in [2.05, 4.69) is 10.0 Å². The highest BCUT2D eigenvalue weighted by atomic mass is 32.2. The van der Waals surface area contributed by atoms with Gasteiger partial charge in [0.15, 0.2) is 0 Å². The summed E-state index contributed by atoms with van der Waals surface area (Å²) in [5, 5.41) is 3.23. The zero-order valence-corrected chi connectivity index (χ0v) is 13.9. The summed E-state index contributed by atoms with van der Waals surface area (Å²) in [7, 11) is -3.34.